The SMILES string of the molecule is COC(=O)c1ccc2nc(-c3ccc4c(cnn4C(=O)OC(C)(C)C)c3)c(N3CCC[C@@H]3C)nc2c1. The van der Waals surface area contributed by atoms with Gasteiger partial charge in [-0.2, -0.15) is 9.78 Å². The van der Waals surface area contributed by atoms with Crippen molar-refractivity contribution >= 4 is 39.8 Å². The number of fused-ring (bicyclic) bond motifs is 2. The van der Waals surface area contributed by atoms with Crippen LogP contribution in [0.1, 0.15) is 50.9 Å². The van der Waals surface area contributed by atoms with E-state index in [1.54, 1.807) is 24.4 Å². The lowest BCUT2D eigenvalue weighted by Gasteiger charge is -2.25. The van der Waals surface area contributed by atoms with Crippen LogP contribution in [0.25, 0.3) is 33.2 Å². The maximum absolute atomic E-state index is 12.6. The summed E-state index contributed by atoms with van der Waals surface area (Å²) in [6.07, 6.45) is 3.27. The van der Waals surface area contributed by atoms with Crippen LogP contribution >= 0.6 is 0 Å². The van der Waals surface area contributed by atoms with Gasteiger partial charge in [-0.15, -0.1) is 0 Å². The molecular formula is C27H29N5O4. The second kappa shape index (κ2) is 8.89. The molecule has 0 amide bonds. The zero-order valence-corrected chi connectivity index (χ0v) is 21.1. The fourth-order valence-electron chi connectivity index (χ4n) is 4.56. The first kappa shape index (κ1) is 23.7. The Bertz CT molecular complexity index is 1490. The summed E-state index contributed by atoms with van der Waals surface area (Å²) in [7, 11) is 1.36. The third-order valence-electron chi connectivity index (χ3n) is 6.30. The minimum Gasteiger partial charge on any atom is -0.465 e. The smallest absolute Gasteiger partial charge is 0.435 e. The Morgan fingerprint density at radius 2 is 1.86 bits per heavy atom. The van der Waals surface area contributed by atoms with Gasteiger partial charge < -0.3 is 14.4 Å². The largest absolute Gasteiger partial charge is 0.465 e. The zero-order valence-electron chi connectivity index (χ0n) is 21.1. The summed E-state index contributed by atoms with van der Waals surface area (Å²) in [5, 5.41) is 5.06. The molecule has 0 aliphatic carbocycles. The van der Waals surface area contributed by atoms with Crippen molar-refractivity contribution in [2.24, 2.45) is 0 Å². The van der Waals surface area contributed by atoms with Gasteiger partial charge in [0.1, 0.15) is 11.3 Å². The standard InChI is InChI=1S/C27H29N5O4/c1-16-7-6-12-31(16)24-23(29-20-10-8-18(25(33)35-5)14-21(20)30-24)17-9-11-22-19(13-17)15-28-32(22)26(34)36-27(2,3)4/h8-11,13-16H,6-7,12H2,1-5H3/t16-/m0/s1. The molecule has 0 spiro atoms. The molecule has 0 unspecified atom stereocenters. The van der Waals surface area contributed by atoms with Crippen molar-refractivity contribution in [3.05, 3.63) is 48.2 Å². The Balaban J connectivity index is 1.62. The highest BCUT2D eigenvalue weighted by Gasteiger charge is 2.27. The van der Waals surface area contributed by atoms with Gasteiger partial charge in [0.15, 0.2) is 5.82 Å². The molecule has 36 heavy (non-hydrogen) atoms. The number of carbonyl (C=O) groups excluding carboxylic acids is 2. The van der Waals surface area contributed by atoms with Gasteiger partial charge in [-0.3, -0.25) is 0 Å². The fraction of sp³-hybridized carbons (Fsp3) is 0.370. The molecule has 0 bridgehead atoms. The van der Waals surface area contributed by atoms with Crippen LogP contribution in [0, 0.1) is 0 Å². The molecule has 2 aromatic heterocycles. The summed E-state index contributed by atoms with van der Waals surface area (Å²) < 4.78 is 11.6. The Kier molecular flexibility index (Phi) is 5.86. The van der Waals surface area contributed by atoms with Gasteiger partial charge in [0, 0.05) is 23.5 Å². The summed E-state index contributed by atoms with van der Waals surface area (Å²) >= 11 is 0. The van der Waals surface area contributed by atoms with Crippen molar-refractivity contribution in [2.45, 2.75) is 52.2 Å². The summed E-state index contributed by atoms with van der Waals surface area (Å²) in [5.41, 5.74) is 3.39. The van der Waals surface area contributed by atoms with Crippen molar-refractivity contribution in [3.63, 3.8) is 0 Å². The number of anilines is 1. The molecule has 186 valence electrons. The number of methoxy groups -OCH3 is 1. The second-order valence-corrected chi connectivity index (χ2v) is 10.1. The molecule has 1 aliphatic heterocycles. The molecule has 1 aliphatic rings. The molecule has 4 aromatic rings. The first-order valence-electron chi connectivity index (χ1n) is 12.0. The van der Waals surface area contributed by atoms with Crippen LogP contribution in [-0.2, 0) is 9.47 Å². The molecule has 9 heteroatoms. The van der Waals surface area contributed by atoms with Crippen LogP contribution in [0.15, 0.2) is 42.6 Å². The summed E-state index contributed by atoms with van der Waals surface area (Å²) in [4.78, 5) is 36.9. The molecule has 1 fully saturated rings. The van der Waals surface area contributed by atoms with Crippen molar-refractivity contribution in [1.82, 2.24) is 19.7 Å². The summed E-state index contributed by atoms with van der Waals surface area (Å²) in [5.74, 6) is 0.361. The predicted octanol–water partition coefficient (Wildman–Crippen LogP) is 5.21. The zero-order chi connectivity index (χ0) is 25.6. The molecule has 1 saturated heterocycles. The molecule has 0 N–H and O–H groups in total. The van der Waals surface area contributed by atoms with Gasteiger partial charge in [-0.25, -0.2) is 19.6 Å². The molecule has 3 heterocycles. The Morgan fingerprint density at radius 3 is 2.56 bits per heavy atom. The minimum atomic E-state index is -0.620. The highest BCUT2D eigenvalue weighted by Crippen LogP contribution is 2.35. The minimum absolute atomic E-state index is 0.318. The van der Waals surface area contributed by atoms with Gasteiger partial charge in [-0.05, 0) is 70.9 Å². The van der Waals surface area contributed by atoms with Crippen molar-refractivity contribution in [1.29, 1.82) is 0 Å². The highest BCUT2D eigenvalue weighted by atomic mass is 16.6. The van der Waals surface area contributed by atoms with Crippen LogP contribution in [0.2, 0.25) is 0 Å². The predicted molar refractivity (Wildman–Crippen MR) is 137 cm³/mol. The number of aromatic nitrogens is 4. The van der Waals surface area contributed by atoms with E-state index >= 15 is 0 Å². The van der Waals surface area contributed by atoms with Crippen LogP contribution in [-0.4, -0.2) is 57.1 Å². The third kappa shape index (κ3) is 4.36. The van der Waals surface area contributed by atoms with E-state index in [2.05, 4.69) is 16.9 Å². The number of rotatable bonds is 3. The lowest BCUT2D eigenvalue weighted by molar-refractivity contribution is 0.0521. The Hall–Kier alpha value is -4.01. The molecular weight excluding hydrogens is 458 g/mol. The quantitative estimate of drug-likeness (QED) is 0.363. The number of esters is 1. The first-order chi connectivity index (χ1) is 17.1. The van der Waals surface area contributed by atoms with E-state index < -0.39 is 17.7 Å². The molecule has 0 saturated carbocycles. The van der Waals surface area contributed by atoms with E-state index in [1.807, 2.05) is 39.0 Å². The van der Waals surface area contributed by atoms with Gasteiger partial charge in [-0.1, -0.05) is 6.07 Å². The topological polar surface area (TPSA) is 99.4 Å². The molecule has 5 rings (SSSR count). The normalized spacial score (nSPS) is 16.0. The lowest BCUT2D eigenvalue weighted by atomic mass is 10.1. The number of carbonyl (C=O) groups is 2. The summed E-state index contributed by atoms with van der Waals surface area (Å²) in [6.45, 7) is 8.53. The van der Waals surface area contributed by atoms with Gasteiger partial charge in [0.25, 0.3) is 0 Å². The Morgan fingerprint density at radius 1 is 1.06 bits per heavy atom. The molecule has 1 atom stereocenters. The van der Waals surface area contributed by atoms with Crippen LogP contribution < -0.4 is 4.90 Å². The van der Waals surface area contributed by atoms with Gasteiger partial charge in [0.05, 0.1) is 35.4 Å². The van der Waals surface area contributed by atoms with Crippen molar-refractivity contribution in [3.8, 4) is 11.3 Å². The lowest BCUT2D eigenvalue weighted by Crippen LogP contribution is -2.28. The van der Waals surface area contributed by atoms with Gasteiger partial charge in [0.2, 0.25) is 0 Å². The molecule has 2 aromatic carbocycles. The molecule has 0 radical (unpaired) electrons. The van der Waals surface area contributed by atoms with E-state index in [-0.39, 0.29) is 0 Å². The number of ether oxygens (including phenoxy) is 2. The number of nitrogens with zero attached hydrogens (tertiary/aromatic N) is 5. The fourth-order valence-corrected chi connectivity index (χ4v) is 4.56. The maximum atomic E-state index is 12.6. The van der Waals surface area contributed by atoms with E-state index in [9.17, 15) is 9.59 Å². The van der Waals surface area contributed by atoms with E-state index in [4.69, 9.17) is 19.4 Å². The first-order valence-corrected chi connectivity index (χ1v) is 12.0. The van der Waals surface area contributed by atoms with Crippen molar-refractivity contribution in [2.75, 3.05) is 18.6 Å². The number of hydrogen-bond donors (Lipinski definition) is 0. The highest BCUT2D eigenvalue weighted by molar-refractivity contribution is 5.95. The average molecular weight is 488 g/mol. The number of benzene rings is 2. The van der Waals surface area contributed by atoms with Crippen LogP contribution in [0.5, 0.6) is 0 Å². The summed E-state index contributed by atoms with van der Waals surface area (Å²) in [6, 6.07) is 11.3. The van der Waals surface area contributed by atoms with Crippen LogP contribution in [0.3, 0.4) is 0 Å². The molecule has 9 nitrogen and oxygen atoms in total. The van der Waals surface area contributed by atoms with E-state index in [0.29, 0.717) is 28.2 Å². The van der Waals surface area contributed by atoms with Crippen LogP contribution in [0.4, 0.5) is 10.6 Å². The van der Waals surface area contributed by atoms with Gasteiger partial charge >= 0.3 is 12.1 Å². The second-order valence-electron chi connectivity index (χ2n) is 10.1. The van der Waals surface area contributed by atoms with E-state index in [1.165, 1.54) is 11.8 Å². The third-order valence-corrected chi connectivity index (χ3v) is 6.30. The number of hydrogen-bond acceptors (Lipinski definition) is 8. The average Bonchev–Trinajstić information content (AvgIpc) is 3.46. The maximum Gasteiger partial charge on any atom is 0.435 e. The Labute approximate surface area is 209 Å². The van der Waals surface area contributed by atoms with E-state index in [0.717, 1.165) is 41.8 Å². The van der Waals surface area contributed by atoms with Crippen molar-refractivity contribution < 1.29 is 19.1 Å². The monoisotopic (exact) mass is 487 g/mol.